The van der Waals surface area contributed by atoms with E-state index < -0.39 is 22.2 Å². The minimum Gasteiger partial charge on any atom is -0.377 e. The smallest absolute Gasteiger partial charge is 0.327 e. The lowest BCUT2D eigenvalue weighted by Gasteiger charge is -2.21. The predicted molar refractivity (Wildman–Crippen MR) is 65.6 cm³/mol. The van der Waals surface area contributed by atoms with Crippen molar-refractivity contribution in [3.8, 4) is 0 Å². The molecule has 2 unspecified atom stereocenters. The van der Waals surface area contributed by atoms with E-state index in [4.69, 9.17) is 0 Å². The van der Waals surface area contributed by atoms with Crippen LogP contribution in [0.25, 0.3) is 0 Å². The maximum atomic E-state index is 13.4. The van der Waals surface area contributed by atoms with Crippen LogP contribution in [0.5, 0.6) is 0 Å². The fourth-order valence-corrected chi connectivity index (χ4v) is 1.60. The summed E-state index contributed by atoms with van der Waals surface area (Å²) in [6, 6.07) is 1.34. The number of rotatable bonds is 5. The van der Waals surface area contributed by atoms with Crippen molar-refractivity contribution < 1.29 is 13.7 Å². The molecule has 0 aromatic heterocycles. The molecule has 4 nitrogen and oxygen atoms in total. The molecule has 1 aromatic rings. The summed E-state index contributed by atoms with van der Waals surface area (Å²) in [6.45, 7) is 5.75. The molecule has 1 aromatic carbocycles. The molecule has 100 valence electrons. The minimum atomic E-state index is -1.17. The number of nitro benzene ring substituents is 1. The number of nitrogens with one attached hydrogen (secondary N) is 1. The van der Waals surface area contributed by atoms with Crippen molar-refractivity contribution in [2.24, 2.45) is 5.92 Å². The molecular weight excluding hydrogens is 242 g/mol. The van der Waals surface area contributed by atoms with E-state index in [0.29, 0.717) is 6.07 Å². The number of anilines is 1. The van der Waals surface area contributed by atoms with Crippen molar-refractivity contribution in [2.75, 3.05) is 5.32 Å². The van der Waals surface area contributed by atoms with Crippen LogP contribution < -0.4 is 5.32 Å². The molecule has 1 N–H and O–H groups in total. The molecule has 0 saturated heterocycles. The third-order valence-electron chi connectivity index (χ3n) is 3.09. The Hall–Kier alpha value is -1.72. The standard InChI is InChI=1S/C12H16F2N2O2/c1-4-7(2)8(3)15-11-6-9(13)5-10(14)12(11)16(17)18/h5-8,15H,4H2,1-3H3. The average Bonchev–Trinajstić information content (AvgIpc) is 2.26. The van der Waals surface area contributed by atoms with Crippen LogP contribution in [-0.2, 0) is 0 Å². The van der Waals surface area contributed by atoms with Crippen LogP contribution >= 0.6 is 0 Å². The highest BCUT2D eigenvalue weighted by Gasteiger charge is 2.23. The Morgan fingerprint density at radius 3 is 2.50 bits per heavy atom. The molecule has 18 heavy (non-hydrogen) atoms. The molecule has 0 fully saturated rings. The quantitative estimate of drug-likeness (QED) is 0.646. The van der Waals surface area contributed by atoms with Gasteiger partial charge in [-0.05, 0) is 12.8 Å². The monoisotopic (exact) mass is 258 g/mol. The van der Waals surface area contributed by atoms with Gasteiger partial charge < -0.3 is 5.32 Å². The van der Waals surface area contributed by atoms with E-state index in [-0.39, 0.29) is 17.6 Å². The van der Waals surface area contributed by atoms with E-state index in [0.717, 1.165) is 12.5 Å². The molecule has 0 radical (unpaired) electrons. The van der Waals surface area contributed by atoms with Gasteiger partial charge in [-0.25, -0.2) is 4.39 Å². The average molecular weight is 258 g/mol. The molecule has 0 saturated carbocycles. The second-order valence-corrected chi connectivity index (χ2v) is 4.36. The van der Waals surface area contributed by atoms with Gasteiger partial charge in [-0.2, -0.15) is 4.39 Å². The van der Waals surface area contributed by atoms with Crippen molar-refractivity contribution in [3.63, 3.8) is 0 Å². The van der Waals surface area contributed by atoms with Crippen LogP contribution in [0.3, 0.4) is 0 Å². The van der Waals surface area contributed by atoms with Gasteiger partial charge in [0.2, 0.25) is 5.82 Å². The first-order valence-electron chi connectivity index (χ1n) is 5.76. The second-order valence-electron chi connectivity index (χ2n) is 4.36. The van der Waals surface area contributed by atoms with Gasteiger partial charge in [0, 0.05) is 18.2 Å². The molecule has 1 rings (SSSR count). The molecule has 0 amide bonds. The number of halogens is 2. The van der Waals surface area contributed by atoms with E-state index in [2.05, 4.69) is 5.32 Å². The van der Waals surface area contributed by atoms with Gasteiger partial charge in [-0.1, -0.05) is 20.3 Å². The maximum absolute atomic E-state index is 13.4. The van der Waals surface area contributed by atoms with Crippen molar-refractivity contribution in [1.82, 2.24) is 0 Å². The molecule has 0 spiro atoms. The van der Waals surface area contributed by atoms with Crippen molar-refractivity contribution in [3.05, 3.63) is 33.9 Å². The van der Waals surface area contributed by atoms with E-state index in [9.17, 15) is 18.9 Å². The normalized spacial score (nSPS) is 14.1. The Morgan fingerprint density at radius 1 is 1.39 bits per heavy atom. The van der Waals surface area contributed by atoms with E-state index in [1.165, 1.54) is 0 Å². The highest BCUT2D eigenvalue weighted by Crippen LogP contribution is 2.30. The van der Waals surface area contributed by atoms with Crippen LogP contribution in [0.4, 0.5) is 20.2 Å². The highest BCUT2D eigenvalue weighted by molar-refractivity contribution is 5.62. The maximum Gasteiger partial charge on any atom is 0.327 e. The summed E-state index contributed by atoms with van der Waals surface area (Å²) in [5.74, 6) is -1.77. The Bertz CT molecular complexity index is 452. The largest absolute Gasteiger partial charge is 0.377 e. The Labute approximate surface area is 104 Å². The molecule has 2 atom stereocenters. The van der Waals surface area contributed by atoms with Crippen molar-refractivity contribution in [2.45, 2.75) is 33.2 Å². The van der Waals surface area contributed by atoms with E-state index in [1.54, 1.807) is 0 Å². The highest BCUT2D eigenvalue weighted by atomic mass is 19.1. The summed E-state index contributed by atoms with van der Waals surface area (Å²) >= 11 is 0. The Morgan fingerprint density at radius 2 is 2.00 bits per heavy atom. The van der Waals surface area contributed by atoms with Gasteiger partial charge in [0.05, 0.1) is 4.92 Å². The lowest BCUT2D eigenvalue weighted by atomic mass is 10.0. The summed E-state index contributed by atoms with van der Waals surface area (Å²) in [4.78, 5) is 9.93. The molecule has 0 aliphatic carbocycles. The summed E-state index contributed by atoms with van der Waals surface area (Å²) in [5, 5.41) is 13.6. The summed E-state index contributed by atoms with van der Waals surface area (Å²) in [6.07, 6.45) is 0.861. The summed E-state index contributed by atoms with van der Waals surface area (Å²) in [5.41, 5.74) is -0.836. The SMILES string of the molecule is CCC(C)C(C)Nc1cc(F)cc(F)c1[N+](=O)[O-]. The summed E-state index contributed by atoms with van der Waals surface area (Å²) < 4.78 is 26.5. The Balaban J connectivity index is 3.11. The number of hydrogen-bond donors (Lipinski definition) is 1. The molecule has 0 aliphatic rings. The lowest BCUT2D eigenvalue weighted by molar-refractivity contribution is -0.386. The predicted octanol–water partition coefficient (Wildman–Crippen LogP) is 3.72. The fraction of sp³-hybridized carbons (Fsp3) is 0.500. The number of nitrogens with zero attached hydrogens (tertiary/aromatic N) is 1. The molecule has 0 heterocycles. The van der Waals surface area contributed by atoms with Crippen LogP contribution in [0.2, 0.25) is 0 Å². The van der Waals surface area contributed by atoms with Crippen LogP contribution in [0.15, 0.2) is 12.1 Å². The number of nitro groups is 1. The molecule has 6 heteroatoms. The van der Waals surface area contributed by atoms with Gasteiger partial charge in [0.25, 0.3) is 0 Å². The second kappa shape index (κ2) is 5.75. The first kappa shape index (κ1) is 14.3. The molecular formula is C12H16F2N2O2. The van der Waals surface area contributed by atoms with Gasteiger partial charge in [-0.15, -0.1) is 0 Å². The van der Waals surface area contributed by atoms with Crippen LogP contribution in [0.1, 0.15) is 27.2 Å². The minimum absolute atomic E-state index is 0.116. The first-order chi connectivity index (χ1) is 8.36. The summed E-state index contributed by atoms with van der Waals surface area (Å²) in [7, 11) is 0. The molecule has 0 bridgehead atoms. The van der Waals surface area contributed by atoms with E-state index in [1.807, 2.05) is 20.8 Å². The van der Waals surface area contributed by atoms with Crippen molar-refractivity contribution >= 4 is 11.4 Å². The van der Waals surface area contributed by atoms with Gasteiger partial charge in [0.15, 0.2) is 0 Å². The lowest BCUT2D eigenvalue weighted by Crippen LogP contribution is -2.24. The van der Waals surface area contributed by atoms with Crippen LogP contribution in [-0.4, -0.2) is 11.0 Å². The number of hydrogen-bond acceptors (Lipinski definition) is 3. The zero-order chi connectivity index (χ0) is 13.9. The third-order valence-corrected chi connectivity index (χ3v) is 3.09. The third kappa shape index (κ3) is 3.15. The van der Waals surface area contributed by atoms with Gasteiger partial charge >= 0.3 is 5.69 Å². The first-order valence-corrected chi connectivity index (χ1v) is 5.76. The van der Waals surface area contributed by atoms with Gasteiger partial charge in [-0.3, -0.25) is 10.1 Å². The van der Waals surface area contributed by atoms with Gasteiger partial charge in [0.1, 0.15) is 11.5 Å². The topological polar surface area (TPSA) is 55.2 Å². The number of benzene rings is 1. The van der Waals surface area contributed by atoms with Crippen molar-refractivity contribution in [1.29, 1.82) is 0 Å². The van der Waals surface area contributed by atoms with Crippen LogP contribution in [0, 0.1) is 27.7 Å². The fourth-order valence-electron chi connectivity index (χ4n) is 1.60. The van der Waals surface area contributed by atoms with E-state index >= 15 is 0 Å². The molecule has 0 aliphatic heterocycles. The zero-order valence-electron chi connectivity index (χ0n) is 10.5. The Kier molecular flexibility index (Phi) is 4.58. The zero-order valence-corrected chi connectivity index (χ0v) is 10.5.